The zero-order valence-electron chi connectivity index (χ0n) is 9.97. The summed E-state index contributed by atoms with van der Waals surface area (Å²) in [6, 6.07) is 0.264. The first-order valence-corrected chi connectivity index (χ1v) is 7.94. The molecule has 1 aromatic rings. The van der Waals surface area contributed by atoms with Crippen LogP contribution in [0, 0.1) is 0 Å². The molecule has 1 unspecified atom stereocenters. The molecule has 1 amide bonds. The van der Waals surface area contributed by atoms with Crippen molar-refractivity contribution >= 4 is 40.6 Å². The summed E-state index contributed by atoms with van der Waals surface area (Å²) in [6.07, 6.45) is 1.02. The van der Waals surface area contributed by atoms with E-state index < -0.39 is 0 Å². The molecule has 1 aromatic heterocycles. The number of carbonyl (C=O) groups is 1. The number of thioether (sulfide) groups is 1. The molecule has 0 bridgehead atoms. The van der Waals surface area contributed by atoms with Gasteiger partial charge in [0.25, 0.3) is 5.91 Å². The van der Waals surface area contributed by atoms with Crippen LogP contribution in [0.15, 0.2) is 0 Å². The lowest BCUT2D eigenvalue weighted by molar-refractivity contribution is 0.0623. The Hall–Kier alpha value is -0.370. The summed E-state index contributed by atoms with van der Waals surface area (Å²) in [6.45, 7) is 1.11. The van der Waals surface area contributed by atoms with Crippen LogP contribution in [0.3, 0.4) is 0 Å². The zero-order valence-corrected chi connectivity index (χ0v) is 12.4. The second-order valence-electron chi connectivity index (χ2n) is 3.87. The van der Waals surface area contributed by atoms with E-state index in [-0.39, 0.29) is 11.9 Å². The van der Waals surface area contributed by atoms with Gasteiger partial charge in [-0.1, -0.05) is 11.3 Å². The minimum absolute atomic E-state index is 0.0936. The van der Waals surface area contributed by atoms with E-state index in [9.17, 15) is 4.79 Å². The molecule has 0 saturated carbocycles. The number of ether oxygens (including phenoxy) is 1. The molecule has 0 spiro atoms. The lowest BCUT2D eigenvalue weighted by Gasteiger charge is -2.27. The van der Waals surface area contributed by atoms with Gasteiger partial charge >= 0.3 is 0 Å². The average Bonchev–Trinajstić information content (AvgIpc) is 3.00. The second kappa shape index (κ2) is 6.70. The van der Waals surface area contributed by atoms with Gasteiger partial charge < -0.3 is 9.64 Å². The van der Waals surface area contributed by atoms with Crippen molar-refractivity contribution in [3.8, 4) is 0 Å². The molecule has 1 aliphatic rings. The normalized spacial score (nSPS) is 19.1. The number of carbonyl (C=O) groups excluding carboxylic acids is 1. The van der Waals surface area contributed by atoms with Crippen LogP contribution in [-0.2, 0) is 4.74 Å². The molecule has 1 aliphatic heterocycles. The van der Waals surface area contributed by atoms with Crippen molar-refractivity contribution in [3.63, 3.8) is 0 Å². The van der Waals surface area contributed by atoms with Crippen molar-refractivity contribution in [2.24, 2.45) is 0 Å². The van der Waals surface area contributed by atoms with E-state index >= 15 is 0 Å². The van der Waals surface area contributed by atoms with Gasteiger partial charge in [0.05, 0.1) is 6.61 Å². The Bertz CT molecular complexity index is 410. The zero-order chi connectivity index (χ0) is 13.0. The maximum absolute atomic E-state index is 12.4. The second-order valence-corrected chi connectivity index (χ2v) is 6.58. The van der Waals surface area contributed by atoms with E-state index in [1.165, 1.54) is 0 Å². The summed E-state index contributed by atoms with van der Waals surface area (Å²) in [5, 5.41) is 7.85. The number of nitrogens with zero attached hydrogens (tertiary/aromatic N) is 3. The number of amides is 1. The molecule has 8 heteroatoms. The van der Waals surface area contributed by atoms with E-state index in [2.05, 4.69) is 10.2 Å². The highest BCUT2D eigenvalue weighted by atomic mass is 35.5. The summed E-state index contributed by atoms with van der Waals surface area (Å²) in [7, 11) is 1.63. The first-order valence-electron chi connectivity index (χ1n) is 5.59. The predicted octanol–water partition coefficient (Wildman–Crippen LogP) is 1.79. The first-order chi connectivity index (χ1) is 8.72. The molecule has 100 valence electrons. The fraction of sp³-hybridized carbons (Fsp3) is 0.700. The Morgan fingerprint density at radius 1 is 1.61 bits per heavy atom. The average molecular weight is 308 g/mol. The van der Waals surface area contributed by atoms with E-state index in [1.54, 1.807) is 7.11 Å². The first kappa shape index (κ1) is 14.0. The van der Waals surface area contributed by atoms with Crippen LogP contribution in [0.25, 0.3) is 0 Å². The minimum atomic E-state index is -0.0936. The van der Waals surface area contributed by atoms with E-state index in [0.717, 1.165) is 29.3 Å². The van der Waals surface area contributed by atoms with Gasteiger partial charge in [0.2, 0.25) is 9.47 Å². The Balaban J connectivity index is 2.09. The molecule has 0 radical (unpaired) electrons. The maximum Gasteiger partial charge on any atom is 0.285 e. The van der Waals surface area contributed by atoms with Gasteiger partial charge in [-0.05, 0) is 23.8 Å². The van der Waals surface area contributed by atoms with Crippen molar-refractivity contribution in [3.05, 3.63) is 9.47 Å². The molecule has 18 heavy (non-hydrogen) atoms. The standard InChI is InChI=1S/C10H14ClN3O2S2/c1-16-4-3-14(7-2-5-17-6-7)9(15)8-12-13-10(11)18-8/h7H,2-6H2,1H3. The van der Waals surface area contributed by atoms with Crippen LogP contribution in [-0.4, -0.2) is 58.8 Å². The largest absolute Gasteiger partial charge is 0.383 e. The Kier molecular flexibility index (Phi) is 5.23. The highest BCUT2D eigenvalue weighted by molar-refractivity contribution is 7.99. The van der Waals surface area contributed by atoms with Crippen LogP contribution in [0.5, 0.6) is 0 Å². The van der Waals surface area contributed by atoms with E-state index in [4.69, 9.17) is 16.3 Å². The van der Waals surface area contributed by atoms with Crippen molar-refractivity contribution < 1.29 is 9.53 Å². The lowest BCUT2D eigenvalue weighted by atomic mass is 10.2. The van der Waals surface area contributed by atoms with Gasteiger partial charge in [-0.25, -0.2) is 0 Å². The van der Waals surface area contributed by atoms with Gasteiger partial charge in [0.15, 0.2) is 0 Å². The summed E-state index contributed by atoms with van der Waals surface area (Å²) in [5.41, 5.74) is 0. The number of halogens is 1. The molecule has 2 rings (SSSR count). The van der Waals surface area contributed by atoms with E-state index in [1.807, 2.05) is 16.7 Å². The van der Waals surface area contributed by atoms with Crippen LogP contribution < -0.4 is 0 Å². The van der Waals surface area contributed by atoms with Crippen LogP contribution in [0.1, 0.15) is 16.2 Å². The molecule has 0 N–H and O–H groups in total. The van der Waals surface area contributed by atoms with Gasteiger partial charge in [-0.2, -0.15) is 11.8 Å². The Labute approximate surface area is 119 Å². The number of rotatable bonds is 5. The fourth-order valence-electron chi connectivity index (χ4n) is 1.82. The third kappa shape index (κ3) is 3.34. The minimum Gasteiger partial charge on any atom is -0.383 e. The lowest BCUT2D eigenvalue weighted by Crippen LogP contribution is -2.42. The molecule has 0 aliphatic carbocycles. The monoisotopic (exact) mass is 307 g/mol. The highest BCUT2D eigenvalue weighted by Crippen LogP contribution is 2.25. The topological polar surface area (TPSA) is 55.3 Å². The van der Waals surface area contributed by atoms with Crippen molar-refractivity contribution in [2.45, 2.75) is 12.5 Å². The Morgan fingerprint density at radius 2 is 2.44 bits per heavy atom. The number of hydrogen-bond acceptors (Lipinski definition) is 6. The van der Waals surface area contributed by atoms with Crippen molar-refractivity contribution in [1.29, 1.82) is 0 Å². The van der Waals surface area contributed by atoms with Crippen LogP contribution in [0.2, 0.25) is 4.47 Å². The molecule has 0 aromatic carbocycles. The highest BCUT2D eigenvalue weighted by Gasteiger charge is 2.29. The molecule has 5 nitrogen and oxygen atoms in total. The maximum atomic E-state index is 12.4. The smallest absolute Gasteiger partial charge is 0.285 e. The van der Waals surface area contributed by atoms with Crippen molar-refractivity contribution in [2.75, 3.05) is 31.8 Å². The van der Waals surface area contributed by atoms with Gasteiger partial charge in [0, 0.05) is 25.4 Å². The predicted molar refractivity (Wildman–Crippen MR) is 73.6 cm³/mol. The molecular weight excluding hydrogens is 294 g/mol. The molecule has 1 saturated heterocycles. The van der Waals surface area contributed by atoms with E-state index in [0.29, 0.717) is 22.6 Å². The van der Waals surface area contributed by atoms with Gasteiger partial charge in [0.1, 0.15) is 0 Å². The fourth-order valence-corrected chi connectivity index (χ4v) is 3.83. The van der Waals surface area contributed by atoms with Crippen molar-refractivity contribution in [1.82, 2.24) is 15.1 Å². The third-order valence-electron chi connectivity index (χ3n) is 2.73. The molecule has 1 atom stereocenters. The molecular formula is C10H14ClN3O2S2. The summed E-state index contributed by atoms with van der Waals surface area (Å²) < 4.78 is 5.36. The Morgan fingerprint density at radius 3 is 3.00 bits per heavy atom. The number of aromatic nitrogens is 2. The van der Waals surface area contributed by atoms with Gasteiger partial charge in [-0.15, -0.1) is 10.2 Å². The summed E-state index contributed by atoms with van der Waals surface area (Å²) >= 11 is 8.71. The quantitative estimate of drug-likeness (QED) is 0.830. The van der Waals surface area contributed by atoms with Crippen LogP contribution >= 0.6 is 34.7 Å². The SMILES string of the molecule is COCCN(C(=O)c1nnc(Cl)s1)C1CCSC1. The summed E-state index contributed by atoms with van der Waals surface area (Å²) in [4.78, 5) is 14.2. The third-order valence-corrected chi connectivity index (χ3v) is 4.88. The molecule has 2 heterocycles. The van der Waals surface area contributed by atoms with Crippen LogP contribution in [0.4, 0.5) is 0 Å². The number of hydrogen-bond donors (Lipinski definition) is 0. The number of methoxy groups -OCH3 is 1. The molecule has 1 fully saturated rings. The van der Waals surface area contributed by atoms with Gasteiger partial charge in [-0.3, -0.25) is 4.79 Å². The summed E-state index contributed by atoms with van der Waals surface area (Å²) in [5.74, 6) is 1.98.